The first-order valence-electron chi connectivity index (χ1n) is 12.1. The molecule has 5 rings (SSSR count). The quantitative estimate of drug-likeness (QED) is 0.443. The minimum Gasteiger partial charge on any atom is -0.454 e. The molecule has 2 aliphatic rings. The topological polar surface area (TPSA) is 105 Å². The summed E-state index contributed by atoms with van der Waals surface area (Å²) in [6, 6.07) is 7.80. The van der Waals surface area contributed by atoms with Gasteiger partial charge >= 0.3 is 0 Å². The van der Waals surface area contributed by atoms with Gasteiger partial charge in [0.25, 0.3) is 0 Å². The van der Waals surface area contributed by atoms with Crippen molar-refractivity contribution in [1.29, 1.82) is 0 Å². The van der Waals surface area contributed by atoms with Crippen LogP contribution in [-0.2, 0) is 5.60 Å². The molecule has 0 unspecified atom stereocenters. The number of aromatic nitrogens is 4. The molecule has 3 aromatic heterocycles. The number of nitrogens with one attached hydrogen (secondary N) is 1. The molecule has 3 aromatic rings. The Morgan fingerprint density at radius 3 is 2.53 bits per heavy atom. The fourth-order valence-corrected chi connectivity index (χ4v) is 4.45. The molecule has 2 fully saturated rings. The van der Waals surface area contributed by atoms with Crippen LogP contribution < -0.4 is 10.1 Å². The van der Waals surface area contributed by atoms with E-state index in [-0.39, 0.29) is 5.92 Å². The zero-order valence-electron chi connectivity index (χ0n) is 20.0. The first-order chi connectivity index (χ1) is 16.2. The zero-order chi connectivity index (χ0) is 23.9. The number of rotatable bonds is 7. The summed E-state index contributed by atoms with van der Waals surface area (Å²) >= 11 is 0. The fraction of sp³-hybridized carbons (Fsp3) is 0.500. The molecule has 8 heteroatoms. The molecule has 34 heavy (non-hydrogen) atoms. The average Bonchev–Trinajstić information content (AvgIpc) is 3.55. The number of aliphatic hydroxyl groups is 2. The van der Waals surface area contributed by atoms with E-state index in [1.165, 1.54) is 0 Å². The van der Waals surface area contributed by atoms with E-state index in [2.05, 4.69) is 15.3 Å². The van der Waals surface area contributed by atoms with Crippen molar-refractivity contribution in [2.24, 2.45) is 0 Å². The molecule has 3 N–H and O–H groups in total. The highest BCUT2D eigenvalue weighted by atomic mass is 16.5. The third-order valence-electron chi connectivity index (χ3n) is 6.71. The first-order valence-corrected chi connectivity index (χ1v) is 12.1. The predicted octanol–water partition coefficient (Wildman–Crippen LogP) is 5.18. The van der Waals surface area contributed by atoms with Gasteiger partial charge in [0.15, 0.2) is 5.75 Å². The van der Waals surface area contributed by atoms with E-state index < -0.39 is 11.2 Å². The van der Waals surface area contributed by atoms with Crippen molar-refractivity contribution >= 4 is 11.5 Å². The largest absolute Gasteiger partial charge is 0.454 e. The van der Waals surface area contributed by atoms with Gasteiger partial charge in [0.2, 0.25) is 0 Å². The van der Waals surface area contributed by atoms with Crippen LogP contribution >= 0.6 is 0 Å². The van der Waals surface area contributed by atoms with Crippen LogP contribution in [0.25, 0.3) is 0 Å². The van der Waals surface area contributed by atoms with Crippen LogP contribution in [0.4, 0.5) is 11.5 Å². The lowest BCUT2D eigenvalue weighted by Crippen LogP contribution is -2.29. The number of hydrogen-bond acceptors (Lipinski definition) is 7. The van der Waals surface area contributed by atoms with Gasteiger partial charge in [-0.2, -0.15) is 5.10 Å². The highest BCUT2D eigenvalue weighted by Crippen LogP contribution is 2.44. The predicted molar refractivity (Wildman–Crippen MR) is 129 cm³/mol. The Balaban J connectivity index is 1.36. The third-order valence-corrected chi connectivity index (χ3v) is 6.71. The smallest absolute Gasteiger partial charge is 0.168 e. The van der Waals surface area contributed by atoms with E-state index in [9.17, 15) is 10.2 Å². The summed E-state index contributed by atoms with van der Waals surface area (Å²) in [6.45, 7) is 5.33. The number of nitrogens with zero attached hydrogens (tertiary/aromatic N) is 4. The van der Waals surface area contributed by atoms with Crippen LogP contribution in [0.5, 0.6) is 11.5 Å². The molecule has 0 spiro atoms. The highest BCUT2D eigenvalue weighted by molar-refractivity contribution is 5.58. The lowest BCUT2D eigenvalue weighted by Gasteiger charge is -2.32. The maximum Gasteiger partial charge on any atom is 0.168 e. The SMILES string of the molecule is CC1(O)CCC(c2nn(C3CC3)cc2Oc2ccnc(Nc3ccnc(C(C)(C)O)c3)c2)CC1. The van der Waals surface area contributed by atoms with Crippen molar-refractivity contribution < 1.29 is 14.9 Å². The monoisotopic (exact) mass is 463 g/mol. The van der Waals surface area contributed by atoms with Gasteiger partial charge in [-0.15, -0.1) is 0 Å². The molecular formula is C26H33N5O3. The number of anilines is 2. The van der Waals surface area contributed by atoms with Crippen LogP contribution in [0.1, 0.15) is 82.6 Å². The van der Waals surface area contributed by atoms with Crippen molar-refractivity contribution in [2.75, 3.05) is 5.32 Å². The van der Waals surface area contributed by atoms with Crippen molar-refractivity contribution in [1.82, 2.24) is 19.7 Å². The first kappa shape index (κ1) is 22.8. The van der Waals surface area contributed by atoms with E-state index >= 15 is 0 Å². The molecule has 0 aromatic carbocycles. The number of ether oxygens (including phenoxy) is 1. The maximum absolute atomic E-state index is 10.4. The van der Waals surface area contributed by atoms with E-state index in [0.29, 0.717) is 23.3 Å². The van der Waals surface area contributed by atoms with Crippen molar-refractivity contribution in [3.05, 3.63) is 54.2 Å². The molecule has 0 aliphatic heterocycles. The summed E-state index contributed by atoms with van der Waals surface area (Å²) in [5, 5.41) is 28.8. The fourth-order valence-electron chi connectivity index (χ4n) is 4.45. The molecule has 3 heterocycles. The van der Waals surface area contributed by atoms with E-state index in [1.807, 2.05) is 42.1 Å². The normalized spacial score (nSPS) is 23.0. The third kappa shape index (κ3) is 5.23. The minimum atomic E-state index is -1.03. The highest BCUT2D eigenvalue weighted by Gasteiger charge is 2.34. The Morgan fingerprint density at radius 1 is 1.09 bits per heavy atom. The minimum absolute atomic E-state index is 0.284. The second-order valence-corrected chi connectivity index (χ2v) is 10.5. The molecule has 180 valence electrons. The number of pyridine rings is 2. The van der Waals surface area contributed by atoms with Gasteiger partial charge in [0, 0.05) is 30.1 Å². The molecule has 0 radical (unpaired) electrons. The molecule has 0 saturated heterocycles. The second-order valence-electron chi connectivity index (χ2n) is 10.5. The van der Waals surface area contributed by atoms with Crippen LogP contribution in [0.3, 0.4) is 0 Å². The molecule has 2 saturated carbocycles. The summed E-state index contributed by atoms with van der Waals surface area (Å²) in [4.78, 5) is 8.67. The molecule has 0 atom stereocenters. The van der Waals surface area contributed by atoms with Crippen LogP contribution in [0, 0.1) is 0 Å². The average molecular weight is 464 g/mol. The summed E-state index contributed by atoms with van der Waals surface area (Å²) < 4.78 is 8.40. The van der Waals surface area contributed by atoms with Crippen LogP contribution in [-0.4, -0.2) is 35.6 Å². The Morgan fingerprint density at radius 2 is 1.82 bits per heavy atom. The lowest BCUT2D eigenvalue weighted by atomic mass is 9.78. The van der Waals surface area contributed by atoms with E-state index in [1.54, 1.807) is 26.2 Å². The maximum atomic E-state index is 10.4. The Hall–Kier alpha value is -2.97. The molecule has 0 amide bonds. The van der Waals surface area contributed by atoms with Crippen LogP contribution in [0.15, 0.2) is 42.9 Å². The Labute approximate surface area is 200 Å². The summed E-state index contributed by atoms with van der Waals surface area (Å²) in [5.41, 5.74) is 0.737. The Kier molecular flexibility index (Phi) is 5.81. The van der Waals surface area contributed by atoms with Crippen LogP contribution in [0.2, 0.25) is 0 Å². The van der Waals surface area contributed by atoms with E-state index in [0.717, 1.165) is 55.7 Å². The summed E-state index contributed by atoms with van der Waals surface area (Å²) in [6.07, 6.45) is 11.0. The summed E-state index contributed by atoms with van der Waals surface area (Å²) in [7, 11) is 0. The van der Waals surface area contributed by atoms with Crippen molar-refractivity contribution in [3.63, 3.8) is 0 Å². The van der Waals surface area contributed by atoms with Gasteiger partial charge in [0.05, 0.1) is 23.5 Å². The molecular weight excluding hydrogens is 430 g/mol. The van der Waals surface area contributed by atoms with Gasteiger partial charge in [-0.1, -0.05) is 0 Å². The van der Waals surface area contributed by atoms with Gasteiger partial charge in [-0.3, -0.25) is 9.67 Å². The van der Waals surface area contributed by atoms with Gasteiger partial charge in [-0.25, -0.2) is 4.98 Å². The standard InChI is InChI=1S/C26H33N5O3/c1-25(2,32)22-14-18(8-12-27-22)29-23-15-20(9-13-28-23)34-21-16-31(19-4-5-19)30-24(21)17-6-10-26(3,33)11-7-17/h8-9,12-17,19,32-33H,4-7,10-11H2,1-3H3,(H,27,28,29). The van der Waals surface area contributed by atoms with Gasteiger partial charge in [-0.05, 0) is 77.5 Å². The van der Waals surface area contributed by atoms with Gasteiger partial charge < -0.3 is 20.3 Å². The van der Waals surface area contributed by atoms with E-state index in [4.69, 9.17) is 9.84 Å². The molecule has 8 nitrogen and oxygen atoms in total. The second kappa shape index (κ2) is 8.67. The Bertz CT molecular complexity index is 1150. The zero-order valence-corrected chi connectivity index (χ0v) is 20.0. The number of hydrogen-bond donors (Lipinski definition) is 3. The van der Waals surface area contributed by atoms with Crippen molar-refractivity contribution in [3.8, 4) is 11.5 Å². The lowest BCUT2D eigenvalue weighted by molar-refractivity contribution is 0.0166. The van der Waals surface area contributed by atoms with Gasteiger partial charge in [0.1, 0.15) is 22.9 Å². The molecule has 0 bridgehead atoms. The van der Waals surface area contributed by atoms with Crippen molar-refractivity contribution in [2.45, 2.75) is 82.5 Å². The molecule has 2 aliphatic carbocycles. The summed E-state index contributed by atoms with van der Waals surface area (Å²) in [5.74, 6) is 2.37.